The number of rotatable bonds is 6. The summed E-state index contributed by atoms with van der Waals surface area (Å²) >= 11 is 0. The Kier molecular flexibility index (Phi) is 5.56. The average molecular weight is 241 g/mol. The van der Waals surface area contributed by atoms with Crippen LogP contribution in [0, 0.1) is 17.6 Å². The Morgan fingerprint density at radius 1 is 1.24 bits per heavy atom. The van der Waals surface area contributed by atoms with Crippen molar-refractivity contribution in [3.63, 3.8) is 0 Å². The van der Waals surface area contributed by atoms with Crippen molar-refractivity contribution in [1.82, 2.24) is 5.32 Å². The van der Waals surface area contributed by atoms with E-state index < -0.39 is 11.6 Å². The van der Waals surface area contributed by atoms with Gasteiger partial charge in [0.25, 0.3) is 0 Å². The Bertz CT molecular complexity index is 352. The molecule has 1 aromatic rings. The molecule has 0 saturated carbocycles. The third-order valence-corrected chi connectivity index (χ3v) is 3.22. The van der Waals surface area contributed by atoms with Crippen molar-refractivity contribution in [2.75, 3.05) is 13.1 Å². The van der Waals surface area contributed by atoms with Gasteiger partial charge in [0, 0.05) is 0 Å². The highest BCUT2D eigenvalue weighted by Crippen LogP contribution is 2.27. The van der Waals surface area contributed by atoms with Gasteiger partial charge in [0.1, 0.15) is 0 Å². The molecule has 96 valence electrons. The number of benzene rings is 1. The van der Waals surface area contributed by atoms with Crippen molar-refractivity contribution in [2.45, 2.75) is 33.1 Å². The molecule has 0 aliphatic rings. The molecule has 0 aromatic heterocycles. The summed E-state index contributed by atoms with van der Waals surface area (Å²) in [5, 5.41) is 3.30. The molecule has 1 N–H and O–H groups in total. The van der Waals surface area contributed by atoms with E-state index in [4.69, 9.17) is 0 Å². The topological polar surface area (TPSA) is 12.0 Å². The largest absolute Gasteiger partial charge is 0.316 e. The minimum atomic E-state index is -0.761. The molecule has 0 spiro atoms. The zero-order valence-electron chi connectivity index (χ0n) is 10.8. The highest BCUT2D eigenvalue weighted by molar-refractivity contribution is 5.23. The van der Waals surface area contributed by atoms with Crippen LogP contribution in [-0.4, -0.2) is 13.1 Å². The molecule has 0 amide bonds. The maximum Gasteiger partial charge on any atom is 0.162 e. The van der Waals surface area contributed by atoms with Crippen LogP contribution in [0.3, 0.4) is 0 Å². The molecule has 3 heteroatoms. The molecule has 1 rings (SSSR count). The zero-order chi connectivity index (χ0) is 12.8. The molecule has 0 bridgehead atoms. The van der Waals surface area contributed by atoms with Gasteiger partial charge in [-0.2, -0.15) is 0 Å². The molecule has 0 aliphatic carbocycles. The van der Waals surface area contributed by atoms with Crippen LogP contribution in [0.2, 0.25) is 0 Å². The first-order valence-corrected chi connectivity index (χ1v) is 6.22. The van der Waals surface area contributed by atoms with Crippen LogP contribution >= 0.6 is 0 Å². The van der Waals surface area contributed by atoms with Gasteiger partial charge in [-0.25, -0.2) is 8.78 Å². The lowest BCUT2D eigenvalue weighted by Crippen LogP contribution is -2.25. The monoisotopic (exact) mass is 241 g/mol. The van der Waals surface area contributed by atoms with E-state index in [-0.39, 0.29) is 11.8 Å². The molecule has 1 nitrogen and oxygen atoms in total. The molecule has 0 aliphatic heterocycles. The normalized spacial score (nSPS) is 14.6. The molecule has 0 heterocycles. The fourth-order valence-electron chi connectivity index (χ4n) is 1.86. The lowest BCUT2D eigenvalue weighted by Gasteiger charge is -2.21. The van der Waals surface area contributed by atoms with Gasteiger partial charge in [0.05, 0.1) is 0 Å². The van der Waals surface area contributed by atoms with Gasteiger partial charge in [-0.3, -0.25) is 0 Å². The van der Waals surface area contributed by atoms with Gasteiger partial charge in [0.15, 0.2) is 11.6 Å². The van der Waals surface area contributed by atoms with E-state index in [1.54, 1.807) is 12.1 Å². The van der Waals surface area contributed by atoms with Crippen LogP contribution < -0.4 is 5.32 Å². The highest BCUT2D eigenvalue weighted by Gasteiger charge is 2.19. The molecule has 1 aromatic carbocycles. The fraction of sp³-hybridized carbons (Fsp3) is 0.571. The summed E-state index contributed by atoms with van der Waals surface area (Å²) < 4.78 is 26.7. The van der Waals surface area contributed by atoms with Gasteiger partial charge in [-0.15, -0.1) is 0 Å². The van der Waals surface area contributed by atoms with E-state index in [1.807, 2.05) is 6.92 Å². The number of nitrogens with one attached hydrogen (secondary N) is 1. The average Bonchev–Trinajstić information content (AvgIpc) is 2.32. The van der Waals surface area contributed by atoms with Crippen LogP contribution in [-0.2, 0) is 0 Å². The van der Waals surface area contributed by atoms with Crippen molar-refractivity contribution in [1.29, 1.82) is 0 Å². The molecule has 2 atom stereocenters. The first kappa shape index (κ1) is 14.1. The minimum absolute atomic E-state index is 0.00931. The smallest absolute Gasteiger partial charge is 0.162 e. The Hall–Kier alpha value is -0.960. The predicted octanol–water partition coefficient (Wildman–Crippen LogP) is 3.70. The third-order valence-electron chi connectivity index (χ3n) is 3.22. The lowest BCUT2D eigenvalue weighted by atomic mass is 9.88. The van der Waals surface area contributed by atoms with E-state index in [0.717, 1.165) is 25.6 Å². The van der Waals surface area contributed by atoms with Crippen LogP contribution in [0.25, 0.3) is 0 Å². The summed E-state index contributed by atoms with van der Waals surface area (Å²) in [7, 11) is 0. The molecule has 2 unspecified atom stereocenters. The second-order valence-corrected chi connectivity index (χ2v) is 4.61. The van der Waals surface area contributed by atoms with E-state index in [1.165, 1.54) is 0 Å². The fourth-order valence-corrected chi connectivity index (χ4v) is 1.86. The second kappa shape index (κ2) is 6.70. The van der Waals surface area contributed by atoms with Crippen LogP contribution in [0.1, 0.15) is 38.7 Å². The van der Waals surface area contributed by atoms with Crippen LogP contribution in [0.4, 0.5) is 8.78 Å². The van der Waals surface area contributed by atoms with Gasteiger partial charge >= 0.3 is 0 Å². The van der Waals surface area contributed by atoms with Crippen LogP contribution in [0.5, 0.6) is 0 Å². The first-order valence-electron chi connectivity index (χ1n) is 6.22. The van der Waals surface area contributed by atoms with Crippen molar-refractivity contribution < 1.29 is 8.78 Å². The van der Waals surface area contributed by atoms with E-state index in [9.17, 15) is 8.78 Å². The Morgan fingerprint density at radius 3 is 2.59 bits per heavy atom. The Morgan fingerprint density at radius 2 is 1.94 bits per heavy atom. The summed E-state index contributed by atoms with van der Waals surface area (Å²) in [6.45, 7) is 7.88. The number of hydrogen-bond acceptors (Lipinski definition) is 1. The van der Waals surface area contributed by atoms with E-state index in [0.29, 0.717) is 5.56 Å². The lowest BCUT2D eigenvalue weighted by molar-refractivity contribution is 0.422. The maximum atomic E-state index is 13.6. The summed E-state index contributed by atoms with van der Waals surface area (Å²) in [4.78, 5) is 0. The maximum absolute atomic E-state index is 13.6. The molecular formula is C14H21F2N. The number of halogens is 2. The molecule has 0 fully saturated rings. The molecule has 0 radical (unpaired) electrons. The third kappa shape index (κ3) is 3.77. The minimum Gasteiger partial charge on any atom is -0.316 e. The van der Waals surface area contributed by atoms with Crippen LogP contribution in [0.15, 0.2) is 18.2 Å². The summed E-state index contributed by atoms with van der Waals surface area (Å²) in [5.74, 6) is -1.18. The summed E-state index contributed by atoms with van der Waals surface area (Å²) in [6.07, 6.45) is 1.08. The predicted molar refractivity (Wildman–Crippen MR) is 67.1 cm³/mol. The second-order valence-electron chi connectivity index (χ2n) is 4.61. The zero-order valence-corrected chi connectivity index (χ0v) is 10.8. The molecular weight excluding hydrogens is 220 g/mol. The van der Waals surface area contributed by atoms with Gasteiger partial charge in [-0.05, 0) is 43.0 Å². The quantitative estimate of drug-likeness (QED) is 0.749. The molecule has 0 saturated heterocycles. The van der Waals surface area contributed by atoms with E-state index >= 15 is 0 Å². The van der Waals surface area contributed by atoms with Gasteiger partial charge < -0.3 is 5.32 Å². The van der Waals surface area contributed by atoms with Crippen molar-refractivity contribution in [3.8, 4) is 0 Å². The first-order chi connectivity index (χ1) is 8.07. The summed E-state index contributed by atoms with van der Waals surface area (Å²) in [5.41, 5.74) is 0.468. The highest BCUT2D eigenvalue weighted by atomic mass is 19.2. The van der Waals surface area contributed by atoms with Crippen molar-refractivity contribution in [2.24, 2.45) is 5.92 Å². The number of hydrogen-bond donors (Lipinski definition) is 1. The summed E-state index contributed by atoms with van der Waals surface area (Å²) in [6, 6.07) is 4.39. The SMILES string of the molecule is CCCNCC(C)C(C)c1cccc(F)c1F. The molecule has 17 heavy (non-hydrogen) atoms. The van der Waals surface area contributed by atoms with Crippen molar-refractivity contribution >= 4 is 0 Å². The standard InChI is InChI=1S/C14H21F2N/c1-4-8-17-9-10(2)11(3)12-6-5-7-13(15)14(12)16/h5-7,10-11,17H,4,8-9H2,1-3H3. The van der Waals surface area contributed by atoms with Gasteiger partial charge in [-0.1, -0.05) is 32.9 Å². The van der Waals surface area contributed by atoms with Gasteiger partial charge in [0.2, 0.25) is 0 Å². The van der Waals surface area contributed by atoms with Crippen molar-refractivity contribution in [3.05, 3.63) is 35.4 Å². The Balaban J connectivity index is 2.68. The Labute approximate surface area is 102 Å². The van der Waals surface area contributed by atoms with E-state index in [2.05, 4.69) is 19.2 Å².